The van der Waals surface area contributed by atoms with Gasteiger partial charge in [0.2, 0.25) is 5.88 Å². The molecule has 19 heavy (non-hydrogen) atoms. The molecule has 0 spiro atoms. The van der Waals surface area contributed by atoms with E-state index in [1.54, 1.807) is 18.3 Å². The van der Waals surface area contributed by atoms with Gasteiger partial charge in [0.15, 0.2) is 5.78 Å². The lowest BCUT2D eigenvalue weighted by Gasteiger charge is -2.07. The maximum Gasteiger partial charge on any atom is 0.224 e. The third kappa shape index (κ3) is 2.81. The third-order valence-electron chi connectivity index (χ3n) is 2.89. The molecule has 0 aromatic carbocycles. The molecule has 2 aromatic heterocycles. The van der Waals surface area contributed by atoms with Crippen molar-refractivity contribution in [2.24, 2.45) is 0 Å². The predicted octanol–water partition coefficient (Wildman–Crippen LogP) is 2.04. The molecule has 0 N–H and O–H groups in total. The number of hydrogen-bond acceptors (Lipinski definition) is 4. The zero-order valence-electron chi connectivity index (χ0n) is 11.4. The van der Waals surface area contributed by atoms with E-state index in [4.69, 9.17) is 4.74 Å². The first-order valence-corrected chi connectivity index (χ1v) is 6.21. The van der Waals surface area contributed by atoms with Crippen molar-refractivity contribution in [3.8, 4) is 5.88 Å². The second-order valence-electron chi connectivity index (χ2n) is 4.25. The van der Waals surface area contributed by atoms with Gasteiger partial charge in [-0.2, -0.15) is 5.10 Å². The summed E-state index contributed by atoms with van der Waals surface area (Å²) in [7, 11) is 1.51. The molecule has 5 nitrogen and oxygen atoms in total. The topological polar surface area (TPSA) is 57.0 Å². The molecule has 2 rings (SSSR count). The van der Waals surface area contributed by atoms with Gasteiger partial charge in [-0.3, -0.25) is 9.48 Å². The molecule has 2 heterocycles. The van der Waals surface area contributed by atoms with Crippen LogP contribution >= 0.6 is 0 Å². The molecule has 0 radical (unpaired) electrons. The van der Waals surface area contributed by atoms with Crippen molar-refractivity contribution < 1.29 is 9.53 Å². The summed E-state index contributed by atoms with van der Waals surface area (Å²) in [5.74, 6) is 0.353. The van der Waals surface area contributed by atoms with E-state index in [0.717, 1.165) is 17.9 Å². The first-order valence-electron chi connectivity index (χ1n) is 6.21. The van der Waals surface area contributed by atoms with Gasteiger partial charge in [-0.15, -0.1) is 0 Å². The van der Waals surface area contributed by atoms with Crippen LogP contribution in [0.15, 0.2) is 24.4 Å². The summed E-state index contributed by atoms with van der Waals surface area (Å²) in [6.45, 7) is 4.68. The number of ketones is 1. The molecular formula is C14H17N3O2. The van der Waals surface area contributed by atoms with Crippen LogP contribution in [0.4, 0.5) is 0 Å². The zero-order chi connectivity index (χ0) is 13.8. The van der Waals surface area contributed by atoms with Crippen molar-refractivity contribution in [3.05, 3.63) is 41.3 Å². The van der Waals surface area contributed by atoms with Crippen LogP contribution in [0, 0.1) is 6.92 Å². The number of hydrogen-bond donors (Lipinski definition) is 0. The molecule has 0 amide bonds. The predicted molar refractivity (Wildman–Crippen MR) is 71.5 cm³/mol. The number of methoxy groups -OCH3 is 1. The lowest BCUT2D eigenvalue weighted by Crippen LogP contribution is -2.11. The summed E-state index contributed by atoms with van der Waals surface area (Å²) in [6, 6.07) is 5.40. The number of carbonyl (C=O) groups excluding carboxylic acids is 1. The highest BCUT2D eigenvalue weighted by molar-refractivity contribution is 5.99. The number of carbonyl (C=O) groups is 1. The average molecular weight is 259 g/mol. The van der Waals surface area contributed by atoms with Gasteiger partial charge in [0.1, 0.15) is 0 Å². The van der Waals surface area contributed by atoms with Gasteiger partial charge < -0.3 is 4.74 Å². The van der Waals surface area contributed by atoms with E-state index in [1.807, 2.05) is 24.6 Å². The SMILES string of the molecule is CCn1nc(C)cc1CC(=O)c1cccnc1OC. The van der Waals surface area contributed by atoms with Crippen LogP contribution < -0.4 is 4.74 Å². The fraction of sp³-hybridized carbons (Fsp3) is 0.357. The van der Waals surface area contributed by atoms with Crippen LogP contribution in [0.3, 0.4) is 0 Å². The van der Waals surface area contributed by atoms with Gasteiger partial charge in [-0.05, 0) is 32.0 Å². The Bertz CT molecular complexity index is 590. The molecule has 0 aliphatic rings. The molecular weight excluding hydrogens is 242 g/mol. The Morgan fingerprint density at radius 3 is 2.95 bits per heavy atom. The molecule has 0 aliphatic heterocycles. The molecule has 100 valence electrons. The van der Waals surface area contributed by atoms with Crippen LogP contribution in [0.5, 0.6) is 5.88 Å². The smallest absolute Gasteiger partial charge is 0.224 e. The van der Waals surface area contributed by atoms with Crippen molar-refractivity contribution in [2.45, 2.75) is 26.8 Å². The van der Waals surface area contributed by atoms with Gasteiger partial charge in [-0.25, -0.2) is 4.98 Å². The first-order chi connectivity index (χ1) is 9.15. The second-order valence-corrected chi connectivity index (χ2v) is 4.25. The minimum absolute atomic E-state index is 0.0143. The van der Waals surface area contributed by atoms with Crippen molar-refractivity contribution >= 4 is 5.78 Å². The third-order valence-corrected chi connectivity index (χ3v) is 2.89. The molecule has 0 saturated carbocycles. The number of nitrogens with zero attached hydrogens (tertiary/aromatic N) is 3. The molecule has 0 unspecified atom stereocenters. The Hall–Kier alpha value is -2.17. The maximum absolute atomic E-state index is 12.3. The number of aryl methyl sites for hydroxylation is 2. The number of aromatic nitrogens is 3. The molecule has 2 aromatic rings. The Balaban J connectivity index is 2.25. The van der Waals surface area contributed by atoms with E-state index >= 15 is 0 Å². The summed E-state index contributed by atoms with van der Waals surface area (Å²) in [5, 5.41) is 4.34. The summed E-state index contributed by atoms with van der Waals surface area (Å²) in [5.41, 5.74) is 2.34. The highest BCUT2D eigenvalue weighted by atomic mass is 16.5. The van der Waals surface area contributed by atoms with E-state index in [0.29, 0.717) is 17.9 Å². The zero-order valence-corrected chi connectivity index (χ0v) is 11.4. The standard InChI is InChI=1S/C14H17N3O2/c1-4-17-11(8-10(2)16-17)9-13(18)12-6-5-7-15-14(12)19-3/h5-8H,4,9H2,1-3H3. The van der Waals surface area contributed by atoms with Crippen LogP contribution in [0.25, 0.3) is 0 Å². The average Bonchev–Trinajstić information content (AvgIpc) is 2.78. The fourth-order valence-corrected chi connectivity index (χ4v) is 2.04. The lowest BCUT2D eigenvalue weighted by atomic mass is 10.1. The first kappa shape index (κ1) is 13.3. The number of rotatable bonds is 5. The summed E-state index contributed by atoms with van der Waals surface area (Å²) < 4.78 is 6.95. The number of Topliss-reactive ketones (excluding diaryl/α,β-unsaturated/α-hetero) is 1. The minimum atomic E-state index is -0.0143. The largest absolute Gasteiger partial charge is 0.480 e. The fourth-order valence-electron chi connectivity index (χ4n) is 2.04. The summed E-state index contributed by atoms with van der Waals surface area (Å²) in [6.07, 6.45) is 1.91. The Labute approximate surface area is 112 Å². The Morgan fingerprint density at radius 1 is 1.47 bits per heavy atom. The normalized spacial score (nSPS) is 10.5. The van der Waals surface area contributed by atoms with Gasteiger partial charge in [0.25, 0.3) is 0 Å². The van der Waals surface area contributed by atoms with Crippen molar-refractivity contribution in [1.29, 1.82) is 0 Å². The van der Waals surface area contributed by atoms with Crippen LogP contribution in [0.1, 0.15) is 28.7 Å². The number of ether oxygens (including phenoxy) is 1. The molecule has 0 fully saturated rings. The Kier molecular flexibility index (Phi) is 3.94. The van der Waals surface area contributed by atoms with E-state index in [2.05, 4.69) is 10.1 Å². The summed E-state index contributed by atoms with van der Waals surface area (Å²) in [4.78, 5) is 16.4. The molecule has 0 atom stereocenters. The second kappa shape index (κ2) is 5.65. The minimum Gasteiger partial charge on any atom is -0.480 e. The molecule has 5 heteroatoms. The van der Waals surface area contributed by atoms with E-state index in [-0.39, 0.29) is 5.78 Å². The molecule has 0 aliphatic carbocycles. The monoisotopic (exact) mass is 259 g/mol. The quantitative estimate of drug-likeness (QED) is 0.771. The van der Waals surface area contributed by atoms with Crippen LogP contribution in [0.2, 0.25) is 0 Å². The van der Waals surface area contributed by atoms with Gasteiger partial charge in [0.05, 0.1) is 24.8 Å². The van der Waals surface area contributed by atoms with E-state index < -0.39 is 0 Å². The number of pyridine rings is 1. The van der Waals surface area contributed by atoms with Crippen LogP contribution in [-0.2, 0) is 13.0 Å². The lowest BCUT2D eigenvalue weighted by molar-refractivity contribution is 0.0987. The molecule has 0 saturated heterocycles. The van der Waals surface area contributed by atoms with Crippen molar-refractivity contribution in [3.63, 3.8) is 0 Å². The van der Waals surface area contributed by atoms with Gasteiger partial charge in [0, 0.05) is 18.4 Å². The highest BCUT2D eigenvalue weighted by Gasteiger charge is 2.16. The van der Waals surface area contributed by atoms with Crippen molar-refractivity contribution in [2.75, 3.05) is 7.11 Å². The van der Waals surface area contributed by atoms with Crippen LogP contribution in [-0.4, -0.2) is 27.7 Å². The maximum atomic E-state index is 12.3. The Morgan fingerprint density at radius 2 is 2.26 bits per heavy atom. The van der Waals surface area contributed by atoms with Gasteiger partial charge in [-0.1, -0.05) is 0 Å². The van der Waals surface area contributed by atoms with Crippen molar-refractivity contribution in [1.82, 2.24) is 14.8 Å². The molecule has 0 bridgehead atoms. The van der Waals surface area contributed by atoms with E-state index in [9.17, 15) is 4.79 Å². The van der Waals surface area contributed by atoms with E-state index in [1.165, 1.54) is 7.11 Å². The van der Waals surface area contributed by atoms with Gasteiger partial charge >= 0.3 is 0 Å². The summed E-state index contributed by atoms with van der Waals surface area (Å²) >= 11 is 0. The highest BCUT2D eigenvalue weighted by Crippen LogP contribution is 2.17.